The molecule has 26 heavy (non-hydrogen) atoms. The van der Waals surface area contributed by atoms with E-state index in [4.69, 9.17) is 5.26 Å². The van der Waals surface area contributed by atoms with Gasteiger partial charge in [-0.05, 0) is 43.2 Å². The highest BCUT2D eigenvalue weighted by atomic mass is 32.2. The first-order valence-electron chi connectivity index (χ1n) is 7.87. The molecule has 3 rings (SSSR count). The largest absolute Gasteiger partial charge is 0.301 e. The van der Waals surface area contributed by atoms with Crippen LogP contribution in [-0.2, 0) is 4.79 Å². The number of rotatable bonds is 5. The number of nitriles is 1. The zero-order valence-electron chi connectivity index (χ0n) is 14.3. The second-order valence-electron chi connectivity index (χ2n) is 5.67. The Morgan fingerprint density at radius 2 is 2.12 bits per heavy atom. The van der Waals surface area contributed by atoms with E-state index < -0.39 is 0 Å². The third-order valence-corrected chi connectivity index (χ3v) is 5.45. The van der Waals surface area contributed by atoms with Crippen molar-refractivity contribution in [1.29, 1.82) is 5.26 Å². The van der Waals surface area contributed by atoms with E-state index in [9.17, 15) is 4.79 Å². The number of pyridine rings is 1. The Labute approximate surface area is 160 Å². The molecule has 0 aliphatic heterocycles. The number of carbonyl (C=O) groups excluding carboxylic acids is 1. The van der Waals surface area contributed by atoms with Crippen LogP contribution in [0.4, 0.5) is 5.13 Å². The summed E-state index contributed by atoms with van der Waals surface area (Å²) in [6, 6.07) is 11.6. The summed E-state index contributed by atoms with van der Waals surface area (Å²) in [7, 11) is 0. The molecule has 0 saturated heterocycles. The standard InChI is InChI=1S/C19H16N4OS2/c1-12-3-4-15(7-13(12)2)16-10-26-19(22-16)23-17(24)11-25-18-8-14(9-20)5-6-21-18/h3-8,10H,11H2,1-2H3,(H,22,23,24). The van der Waals surface area contributed by atoms with Gasteiger partial charge in [-0.1, -0.05) is 23.9 Å². The quantitative estimate of drug-likeness (QED) is 0.663. The number of hydrogen-bond donors (Lipinski definition) is 1. The van der Waals surface area contributed by atoms with E-state index in [1.54, 1.807) is 18.3 Å². The van der Waals surface area contributed by atoms with E-state index in [1.165, 1.54) is 34.2 Å². The van der Waals surface area contributed by atoms with Crippen molar-refractivity contribution in [1.82, 2.24) is 9.97 Å². The van der Waals surface area contributed by atoms with Gasteiger partial charge in [0.05, 0.1) is 28.1 Å². The number of aromatic nitrogens is 2. The van der Waals surface area contributed by atoms with Crippen LogP contribution in [0.2, 0.25) is 0 Å². The molecule has 7 heteroatoms. The molecule has 2 aromatic heterocycles. The molecule has 0 aliphatic rings. The van der Waals surface area contributed by atoms with Crippen LogP contribution in [-0.4, -0.2) is 21.6 Å². The second-order valence-corrected chi connectivity index (χ2v) is 7.52. The van der Waals surface area contributed by atoms with Crippen LogP contribution in [0.25, 0.3) is 11.3 Å². The van der Waals surface area contributed by atoms with Gasteiger partial charge in [0.15, 0.2) is 5.13 Å². The zero-order chi connectivity index (χ0) is 18.5. The number of nitrogens with zero attached hydrogens (tertiary/aromatic N) is 3. The van der Waals surface area contributed by atoms with Crippen molar-refractivity contribution in [3.63, 3.8) is 0 Å². The predicted molar refractivity (Wildman–Crippen MR) is 105 cm³/mol. The molecule has 1 amide bonds. The van der Waals surface area contributed by atoms with Gasteiger partial charge in [-0.25, -0.2) is 9.97 Å². The van der Waals surface area contributed by atoms with Crippen LogP contribution in [0.3, 0.4) is 0 Å². The van der Waals surface area contributed by atoms with E-state index in [0.717, 1.165) is 11.3 Å². The number of amides is 1. The molecule has 0 aliphatic carbocycles. The minimum atomic E-state index is -0.153. The van der Waals surface area contributed by atoms with E-state index in [2.05, 4.69) is 47.3 Å². The van der Waals surface area contributed by atoms with Crippen molar-refractivity contribution in [2.45, 2.75) is 18.9 Å². The summed E-state index contributed by atoms with van der Waals surface area (Å²) in [6.45, 7) is 4.14. The van der Waals surface area contributed by atoms with Crippen LogP contribution < -0.4 is 5.32 Å². The average molecular weight is 380 g/mol. The maximum absolute atomic E-state index is 12.1. The van der Waals surface area contributed by atoms with Gasteiger partial charge in [0.25, 0.3) is 0 Å². The third-order valence-electron chi connectivity index (χ3n) is 3.77. The molecule has 130 valence electrons. The minimum absolute atomic E-state index is 0.153. The van der Waals surface area contributed by atoms with Crippen LogP contribution in [0.1, 0.15) is 16.7 Å². The number of carbonyl (C=O) groups is 1. The van der Waals surface area contributed by atoms with Gasteiger partial charge in [-0.3, -0.25) is 4.79 Å². The van der Waals surface area contributed by atoms with Crippen molar-refractivity contribution < 1.29 is 4.79 Å². The predicted octanol–water partition coefficient (Wildman–Crippen LogP) is 4.42. The smallest absolute Gasteiger partial charge is 0.236 e. The topological polar surface area (TPSA) is 78.7 Å². The number of benzene rings is 1. The second kappa shape index (κ2) is 8.13. The molecular formula is C19H16N4OS2. The number of hydrogen-bond acceptors (Lipinski definition) is 6. The highest BCUT2D eigenvalue weighted by molar-refractivity contribution is 7.99. The fourth-order valence-electron chi connectivity index (χ4n) is 2.22. The SMILES string of the molecule is Cc1ccc(-c2csc(NC(=O)CSc3cc(C#N)ccn3)n2)cc1C. The Hall–Kier alpha value is -2.69. The van der Waals surface area contributed by atoms with E-state index in [0.29, 0.717) is 15.7 Å². The first-order valence-corrected chi connectivity index (χ1v) is 9.73. The normalized spacial score (nSPS) is 10.3. The highest BCUT2D eigenvalue weighted by Gasteiger charge is 2.10. The van der Waals surface area contributed by atoms with Gasteiger partial charge in [-0.15, -0.1) is 11.3 Å². The Morgan fingerprint density at radius 3 is 2.88 bits per heavy atom. The summed E-state index contributed by atoms with van der Waals surface area (Å²) in [6.07, 6.45) is 1.56. The number of anilines is 1. The van der Waals surface area contributed by atoms with Gasteiger partial charge >= 0.3 is 0 Å². The molecule has 0 fully saturated rings. The minimum Gasteiger partial charge on any atom is -0.301 e. The lowest BCUT2D eigenvalue weighted by Crippen LogP contribution is -2.13. The third kappa shape index (κ3) is 4.48. The van der Waals surface area contributed by atoms with E-state index in [-0.39, 0.29) is 11.7 Å². The number of nitrogens with one attached hydrogen (secondary N) is 1. The fourth-order valence-corrected chi connectivity index (χ4v) is 3.65. The monoisotopic (exact) mass is 380 g/mol. The molecule has 5 nitrogen and oxygen atoms in total. The Morgan fingerprint density at radius 1 is 1.27 bits per heavy atom. The molecule has 2 heterocycles. The Kier molecular flexibility index (Phi) is 5.66. The molecule has 0 spiro atoms. The maximum Gasteiger partial charge on any atom is 0.236 e. The number of aryl methyl sites for hydroxylation is 2. The zero-order valence-corrected chi connectivity index (χ0v) is 15.9. The summed E-state index contributed by atoms with van der Waals surface area (Å²) in [4.78, 5) is 20.8. The van der Waals surface area contributed by atoms with Gasteiger partial charge in [0.1, 0.15) is 0 Å². The summed E-state index contributed by atoms with van der Waals surface area (Å²) >= 11 is 2.69. The molecule has 0 saturated carbocycles. The number of thiazole rings is 1. The lowest BCUT2D eigenvalue weighted by molar-refractivity contribution is -0.113. The average Bonchev–Trinajstić information content (AvgIpc) is 3.11. The first kappa shape index (κ1) is 18.1. The Bertz CT molecular complexity index is 991. The van der Waals surface area contributed by atoms with E-state index in [1.807, 2.05) is 11.4 Å². The fraction of sp³-hybridized carbons (Fsp3) is 0.158. The van der Waals surface area contributed by atoms with Crippen molar-refractivity contribution in [2.75, 3.05) is 11.1 Å². The highest BCUT2D eigenvalue weighted by Crippen LogP contribution is 2.26. The van der Waals surface area contributed by atoms with Gasteiger partial charge in [0, 0.05) is 17.1 Å². The van der Waals surface area contributed by atoms with Crippen molar-refractivity contribution >= 4 is 34.1 Å². The molecular weight excluding hydrogens is 364 g/mol. The van der Waals surface area contributed by atoms with Crippen LogP contribution in [0.15, 0.2) is 46.9 Å². The lowest BCUT2D eigenvalue weighted by Gasteiger charge is -2.03. The van der Waals surface area contributed by atoms with Crippen LogP contribution >= 0.6 is 23.1 Å². The molecule has 0 bridgehead atoms. The van der Waals surface area contributed by atoms with Gasteiger partial charge in [-0.2, -0.15) is 5.26 Å². The summed E-state index contributed by atoms with van der Waals surface area (Å²) in [5.41, 5.74) is 4.87. The Balaban J connectivity index is 1.60. The lowest BCUT2D eigenvalue weighted by atomic mass is 10.1. The number of thioether (sulfide) groups is 1. The van der Waals surface area contributed by atoms with Crippen LogP contribution in [0.5, 0.6) is 0 Å². The summed E-state index contributed by atoms with van der Waals surface area (Å²) < 4.78 is 0. The van der Waals surface area contributed by atoms with Crippen LogP contribution in [0, 0.1) is 25.2 Å². The van der Waals surface area contributed by atoms with Crippen molar-refractivity contribution in [3.8, 4) is 17.3 Å². The molecule has 0 atom stereocenters. The van der Waals surface area contributed by atoms with Gasteiger partial charge < -0.3 is 5.32 Å². The molecule has 1 N–H and O–H groups in total. The van der Waals surface area contributed by atoms with Crippen molar-refractivity contribution in [2.24, 2.45) is 0 Å². The maximum atomic E-state index is 12.1. The molecule has 0 unspecified atom stereocenters. The van der Waals surface area contributed by atoms with Gasteiger partial charge in [0.2, 0.25) is 5.91 Å². The molecule has 0 radical (unpaired) electrons. The summed E-state index contributed by atoms with van der Waals surface area (Å²) in [5, 5.41) is 14.9. The first-order chi connectivity index (χ1) is 12.5. The molecule has 3 aromatic rings. The molecule has 1 aromatic carbocycles. The summed E-state index contributed by atoms with van der Waals surface area (Å²) in [5.74, 6) is 0.0561. The van der Waals surface area contributed by atoms with Crippen molar-refractivity contribution in [3.05, 3.63) is 58.6 Å². The van der Waals surface area contributed by atoms with E-state index >= 15 is 0 Å².